The van der Waals surface area contributed by atoms with Crippen LogP contribution >= 0.6 is 0 Å². The van der Waals surface area contributed by atoms with E-state index < -0.39 is 28.4 Å². The monoisotopic (exact) mass is 316 g/mol. The molecule has 0 fully saturated rings. The van der Waals surface area contributed by atoms with Crippen molar-refractivity contribution in [1.82, 2.24) is 4.98 Å². The summed E-state index contributed by atoms with van der Waals surface area (Å²) in [5, 5.41) is 0. The van der Waals surface area contributed by atoms with Crippen LogP contribution in [0, 0.1) is 31.0 Å². The normalized spacial score (nSPS) is 7.87. The molecule has 15 heavy (non-hydrogen) atoms. The van der Waals surface area contributed by atoms with E-state index in [2.05, 4.69) is 17.6 Å². The quantitative estimate of drug-likeness (QED) is 0.316. The fraction of sp³-hybridized carbons (Fsp3) is 0.250. The van der Waals surface area contributed by atoms with Gasteiger partial charge in [0.05, 0.1) is 0 Å². The van der Waals surface area contributed by atoms with Crippen LogP contribution in [-0.4, -0.2) is 4.98 Å². The average Bonchev–Trinajstić information content (AvgIpc) is 2.15. The average molecular weight is 316 g/mol. The van der Waals surface area contributed by atoms with Gasteiger partial charge < -0.3 is 20.1 Å². The van der Waals surface area contributed by atoms with Gasteiger partial charge in [-0.1, -0.05) is 18.7 Å². The van der Waals surface area contributed by atoms with Gasteiger partial charge in [-0.2, -0.15) is 13.8 Å². The molecule has 7 heteroatoms. The fourth-order valence-corrected chi connectivity index (χ4v) is 0.636. The van der Waals surface area contributed by atoms with Crippen molar-refractivity contribution in [3.05, 3.63) is 31.0 Å². The van der Waals surface area contributed by atoms with E-state index in [0.717, 1.165) is 0 Å². The first-order valence-corrected chi connectivity index (χ1v) is 3.82. The largest absolute Gasteiger partial charge is 0.774 e. The molecule has 1 nitrogen and oxygen atoms in total. The van der Waals surface area contributed by atoms with Gasteiger partial charge in [0, 0.05) is 32.7 Å². The maximum atomic E-state index is 12.2. The van der Waals surface area contributed by atoms with Crippen molar-refractivity contribution in [2.45, 2.75) is 18.7 Å². The van der Waals surface area contributed by atoms with Gasteiger partial charge in [0.15, 0.2) is 11.6 Å². The van der Waals surface area contributed by atoms with E-state index in [-0.39, 0.29) is 40.1 Å². The smallest absolute Gasteiger partial charge is 0.250 e. The van der Waals surface area contributed by atoms with Gasteiger partial charge in [0.25, 0.3) is 0 Å². The zero-order valence-electron chi connectivity index (χ0n) is 8.44. The van der Waals surface area contributed by atoms with Crippen LogP contribution in [0.5, 0.6) is 0 Å². The second kappa shape index (κ2) is 9.42. The van der Waals surface area contributed by atoms with Crippen molar-refractivity contribution in [3.63, 3.8) is 0 Å². The van der Waals surface area contributed by atoms with E-state index in [4.69, 9.17) is 0 Å². The molecule has 0 atom stereocenters. The topological polar surface area (TPSA) is 12.9 Å². The van der Waals surface area contributed by atoms with E-state index in [1.165, 1.54) is 0 Å². The minimum Gasteiger partial charge on any atom is -0.774 e. The number of hydrogen-bond acceptors (Lipinski definition) is 2. The van der Waals surface area contributed by atoms with Crippen molar-refractivity contribution < 1.29 is 50.3 Å². The third-order valence-corrected chi connectivity index (χ3v) is 1.32. The Balaban J connectivity index is -0.000000339. The van der Waals surface area contributed by atoms with Crippen LogP contribution in [0.15, 0.2) is 4.90 Å². The van der Waals surface area contributed by atoms with Crippen LogP contribution < -0.4 is 0 Å². The van der Waals surface area contributed by atoms with Crippen LogP contribution in [0.3, 0.4) is 0 Å². The number of aromatic nitrogens is 1. The first-order valence-electron chi connectivity index (χ1n) is 3.41. The maximum Gasteiger partial charge on any atom is 0.250 e. The summed E-state index contributed by atoms with van der Waals surface area (Å²) in [5.41, 5.74) is 0. The van der Waals surface area contributed by atoms with Crippen LogP contribution in [0.25, 0.3) is 0 Å². The summed E-state index contributed by atoms with van der Waals surface area (Å²) in [6.07, 6.45) is 0. The first kappa shape index (κ1) is 20.6. The Hall–Kier alpha value is 0.194. The first-order chi connectivity index (χ1) is 6.04. The van der Waals surface area contributed by atoms with Crippen LogP contribution in [-0.2, 0) is 45.3 Å². The van der Waals surface area contributed by atoms with Gasteiger partial charge in [-0.15, -0.1) is 0 Å². The second-order valence-electron chi connectivity index (χ2n) is 1.65. The standard InChI is InChI=1S/C5HF4NS.C2H6.CH3.Y/c6-1-3(11)2(7)5(9)10-4(1)8;1-2;;/h(H,10,11);1-2H3;1H3;/q;;-1;/p-1. The molecule has 0 aliphatic heterocycles. The molecule has 0 bridgehead atoms. The van der Waals surface area contributed by atoms with Crippen LogP contribution in [0.1, 0.15) is 13.8 Å². The molecule has 0 saturated carbocycles. The summed E-state index contributed by atoms with van der Waals surface area (Å²) in [6, 6.07) is 0. The molecule has 0 aliphatic carbocycles. The van der Waals surface area contributed by atoms with Gasteiger partial charge in [0.1, 0.15) is 0 Å². The molecule has 1 aromatic heterocycles. The molecule has 0 unspecified atom stereocenters. The second-order valence-corrected chi connectivity index (χ2v) is 2.06. The summed E-state index contributed by atoms with van der Waals surface area (Å²) in [4.78, 5) is 1.17. The molecule has 0 aliphatic rings. The van der Waals surface area contributed by atoms with Gasteiger partial charge in [-0.25, -0.2) is 8.78 Å². The Kier molecular flexibility index (Phi) is 12.9. The number of pyridine rings is 1. The molecule has 85 valence electrons. The minimum absolute atomic E-state index is 0. The van der Waals surface area contributed by atoms with E-state index in [0.29, 0.717) is 0 Å². The van der Waals surface area contributed by atoms with Gasteiger partial charge >= 0.3 is 0 Å². The summed E-state index contributed by atoms with van der Waals surface area (Å²) in [6.45, 7) is 4.00. The van der Waals surface area contributed by atoms with Crippen LogP contribution in [0.2, 0.25) is 0 Å². The molecular weight excluding hydrogens is 307 g/mol. The fourth-order valence-electron chi connectivity index (χ4n) is 0.468. The predicted molar refractivity (Wildman–Crippen MR) is 47.5 cm³/mol. The predicted octanol–water partition coefficient (Wildman–Crippen LogP) is 3.02. The third-order valence-electron chi connectivity index (χ3n) is 0.957. The minimum atomic E-state index is -1.73. The van der Waals surface area contributed by atoms with Crippen LogP contribution in [0.4, 0.5) is 17.6 Å². The zero-order chi connectivity index (χ0) is 10.6. The van der Waals surface area contributed by atoms with Gasteiger partial charge in [0.2, 0.25) is 11.9 Å². The Labute approximate surface area is 117 Å². The number of hydrogen-bond donors (Lipinski definition) is 0. The van der Waals surface area contributed by atoms with E-state index >= 15 is 0 Å². The van der Waals surface area contributed by atoms with E-state index in [9.17, 15) is 17.6 Å². The number of nitrogens with zero attached hydrogens (tertiary/aromatic N) is 1. The molecule has 1 rings (SSSR count). The zero-order valence-corrected chi connectivity index (χ0v) is 12.1. The Morgan fingerprint density at radius 2 is 1.20 bits per heavy atom. The summed E-state index contributed by atoms with van der Waals surface area (Å²) >= 11 is 4.00. The number of halogens is 4. The Bertz CT molecular complexity index is 283. The molecular formula is C8H9F4NSY-2. The molecule has 0 saturated heterocycles. The Morgan fingerprint density at radius 1 is 0.933 bits per heavy atom. The Morgan fingerprint density at radius 3 is 1.47 bits per heavy atom. The van der Waals surface area contributed by atoms with E-state index in [1.807, 2.05) is 13.8 Å². The molecule has 1 radical (unpaired) electrons. The maximum absolute atomic E-state index is 12.2. The SMILES string of the molecule is CC.Fc1nc(F)c(F)c([S-])c1F.[CH3-].[Y]. The van der Waals surface area contributed by atoms with Gasteiger partial charge in [-0.05, 0) is 0 Å². The van der Waals surface area contributed by atoms with Crippen molar-refractivity contribution in [2.24, 2.45) is 0 Å². The molecule has 1 aromatic rings. The van der Waals surface area contributed by atoms with Crippen molar-refractivity contribution in [1.29, 1.82) is 0 Å². The summed E-state index contributed by atoms with van der Waals surface area (Å²) < 4.78 is 48.6. The van der Waals surface area contributed by atoms with Crippen molar-refractivity contribution in [3.8, 4) is 0 Å². The summed E-state index contributed by atoms with van der Waals surface area (Å²) in [7, 11) is 0. The number of rotatable bonds is 0. The molecule has 0 spiro atoms. The molecule has 0 aromatic carbocycles. The third kappa shape index (κ3) is 5.18. The van der Waals surface area contributed by atoms with Crippen molar-refractivity contribution in [2.75, 3.05) is 0 Å². The summed E-state index contributed by atoms with van der Waals surface area (Å²) in [5.74, 6) is -6.74. The molecule has 0 amide bonds. The molecule has 1 heterocycles. The van der Waals surface area contributed by atoms with E-state index in [1.54, 1.807) is 0 Å². The van der Waals surface area contributed by atoms with Crippen molar-refractivity contribution >= 4 is 12.6 Å². The van der Waals surface area contributed by atoms with Gasteiger partial charge in [-0.3, -0.25) is 0 Å². The molecule has 0 N–H and O–H groups in total.